The fraction of sp³-hybridized carbons (Fsp3) is 0.722. The molecule has 0 aliphatic carbocycles. The SMILES string of the molecule is CCCCNC(=O)C1CCC(C)N(S(=O)(=O)c2n[nH]c(C)c2C(=O)OCC)C1. The summed E-state index contributed by atoms with van der Waals surface area (Å²) in [5.41, 5.74) is 0.249. The van der Waals surface area contributed by atoms with Crippen molar-refractivity contribution >= 4 is 21.9 Å². The largest absolute Gasteiger partial charge is 0.462 e. The lowest BCUT2D eigenvalue weighted by molar-refractivity contribution is -0.126. The van der Waals surface area contributed by atoms with E-state index in [-0.39, 0.29) is 35.7 Å². The predicted molar refractivity (Wildman–Crippen MR) is 103 cm³/mol. The van der Waals surface area contributed by atoms with Gasteiger partial charge in [0.25, 0.3) is 10.0 Å². The molecule has 2 atom stereocenters. The van der Waals surface area contributed by atoms with Gasteiger partial charge in [0.05, 0.1) is 12.5 Å². The number of piperidine rings is 1. The standard InChI is InChI=1S/C18H30N4O5S/c1-5-7-10-19-16(23)14-9-8-12(3)22(11-14)28(25,26)17-15(13(4)20-21-17)18(24)27-6-2/h12,14H,5-11H2,1-4H3,(H,19,23)(H,20,21). The fourth-order valence-electron chi connectivity index (χ4n) is 3.30. The van der Waals surface area contributed by atoms with Crippen LogP contribution >= 0.6 is 0 Å². The van der Waals surface area contributed by atoms with E-state index in [1.54, 1.807) is 20.8 Å². The predicted octanol–water partition coefficient (Wildman–Crippen LogP) is 1.60. The van der Waals surface area contributed by atoms with E-state index in [4.69, 9.17) is 4.74 Å². The Bertz CT molecular complexity index is 805. The Kier molecular flexibility index (Phi) is 7.59. The molecule has 1 aromatic rings. The highest BCUT2D eigenvalue weighted by Gasteiger charge is 2.41. The molecule has 158 valence electrons. The van der Waals surface area contributed by atoms with Crippen LogP contribution in [0.15, 0.2) is 5.03 Å². The number of aryl methyl sites for hydroxylation is 1. The zero-order valence-corrected chi connectivity index (χ0v) is 17.8. The molecule has 1 fully saturated rings. The first-order chi connectivity index (χ1) is 13.2. The zero-order valence-electron chi connectivity index (χ0n) is 16.9. The third-order valence-corrected chi connectivity index (χ3v) is 6.88. The van der Waals surface area contributed by atoms with Crippen LogP contribution in [-0.2, 0) is 19.6 Å². The van der Waals surface area contributed by atoms with Crippen molar-refractivity contribution in [3.05, 3.63) is 11.3 Å². The summed E-state index contributed by atoms with van der Waals surface area (Å²) in [4.78, 5) is 24.7. The Morgan fingerprint density at radius 2 is 2.04 bits per heavy atom. The van der Waals surface area contributed by atoms with Gasteiger partial charge in [0, 0.05) is 24.8 Å². The molecule has 0 bridgehead atoms. The number of carbonyl (C=O) groups excluding carboxylic acids is 2. The number of esters is 1. The van der Waals surface area contributed by atoms with Crippen molar-refractivity contribution in [3.8, 4) is 0 Å². The van der Waals surface area contributed by atoms with Crippen molar-refractivity contribution in [1.29, 1.82) is 0 Å². The van der Waals surface area contributed by atoms with E-state index in [9.17, 15) is 18.0 Å². The smallest absolute Gasteiger partial charge is 0.343 e. The monoisotopic (exact) mass is 414 g/mol. The number of amides is 1. The third kappa shape index (κ3) is 4.72. The average Bonchev–Trinajstić information content (AvgIpc) is 3.04. The van der Waals surface area contributed by atoms with Gasteiger partial charge in [-0.25, -0.2) is 13.2 Å². The third-order valence-electron chi connectivity index (χ3n) is 4.97. The first kappa shape index (κ1) is 22.4. The van der Waals surface area contributed by atoms with Gasteiger partial charge in [-0.2, -0.15) is 9.40 Å². The average molecular weight is 415 g/mol. The Hall–Kier alpha value is -1.94. The molecule has 1 aliphatic rings. The summed E-state index contributed by atoms with van der Waals surface area (Å²) < 4.78 is 32.8. The van der Waals surface area contributed by atoms with Gasteiger partial charge < -0.3 is 10.1 Å². The van der Waals surface area contributed by atoms with E-state index in [1.807, 2.05) is 6.92 Å². The maximum Gasteiger partial charge on any atom is 0.343 e. The zero-order chi connectivity index (χ0) is 20.9. The lowest BCUT2D eigenvalue weighted by Crippen LogP contribution is -2.49. The highest BCUT2D eigenvalue weighted by molar-refractivity contribution is 7.89. The molecule has 28 heavy (non-hydrogen) atoms. The lowest BCUT2D eigenvalue weighted by Gasteiger charge is -2.35. The van der Waals surface area contributed by atoms with Gasteiger partial charge in [0.1, 0.15) is 5.56 Å². The minimum atomic E-state index is -4.07. The molecule has 2 N–H and O–H groups in total. The van der Waals surface area contributed by atoms with Crippen LogP contribution in [0.1, 0.15) is 62.5 Å². The Balaban J connectivity index is 2.27. The topological polar surface area (TPSA) is 121 Å². The summed E-state index contributed by atoms with van der Waals surface area (Å²) in [6.45, 7) is 7.83. The fourth-order valence-corrected chi connectivity index (χ4v) is 5.14. The molecule has 1 amide bonds. The van der Waals surface area contributed by atoms with Gasteiger partial charge in [-0.05, 0) is 40.0 Å². The molecular weight excluding hydrogens is 384 g/mol. The maximum atomic E-state index is 13.3. The number of aromatic amines is 1. The van der Waals surface area contributed by atoms with Crippen LogP contribution in [0.5, 0.6) is 0 Å². The summed E-state index contributed by atoms with van der Waals surface area (Å²) in [5.74, 6) is -1.29. The van der Waals surface area contributed by atoms with Gasteiger partial charge in [0.2, 0.25) is 10.9 Å². The Morgan fingerprint density at radius 1 is 1.32 bits per heavy atom. The number of rotatable bonds is 8. The number of nitrogens with one attached hydrogen (secondary N) is 2. The number of nitrogens with zero attached hydrogens (tertiary/aromatic N) is 2. The van der Waals surface area contributed by atoms with Gasteiger partial charge in [0.15, 0.2) is 0 Å². The molecule has 2 rings (SSSR count). The second kappa shape index (κ2) is 9.51. The summed E-state index contributed by atoms with van der Waals surface area (Å²) in [5, 5.41) is 8.97. The first-order valence-electron chi connectivity index (χ1n) is 9.75. The first-order valence-corrected chi connectivity index (χ1v) is 11.2. The highest BCUT2D eigenvalue weighted by Crippen LogP contribution is 2.30. The number of carbonyl (C=O) groups is 2. The van der Waals surface area contributed by atoms with Crippen molar-refractivity contribution in [2.75, 3.05) is 19.7 Å². The highest BCUT2D eigenvalue weighted by atomic mass is 32.2. The van der Waals surface area contributed by atoms with E-state index < -0.39 is 21.9 Å². The van der Waals surface area contributed by atoms with Crippen molar-refractivity contribution < 1.29 is 22.7 Å². The van der Waals surface area contributed by atoms with E-state index in [2.05, 4.69) is 15.5 Å². The Labute approximate surface area is 166 Å². The van der Waals surface area contributed by atoms with E-state index >= 15 is 0 Å². The van der Waals surface area contributed by atoms with E-state index in [1.165, 1.54) is 4.31 Å². The normalized spacial score (nSPS) is 20.7. The Morgan fingerprint density at radius 3 is 2.68 bits per heavy atom. The van der Waals surface area contributed by atoms with Crippen molar-refractivity contribution in [3.63, 3.8) is 0 Å². The van der Waals surface area contributed by atoms with Crippen LogP contribution in [0.25, 0.3) is 0 Å². The quantitative estimate of drug-likeness (QED) is 0.492. The minimum Gasteiger partial charge on any atom is -0.462 e. The van der Waals surface area contributed by atoms with Crippen LogP contribution in [0.3, 0.4) is 0 Å². The van der Waals surface area contributed by atoms with Gasteiger partial charge in [-0.15, -0.1) is 0 Å². The summed E-state index contributed by atoms with van der Waals surface area (Å²) in [6, 6.07) is -0.295. The van der Waals surface area contributed by atoms with Crippen LogP contribution in [0, 0.1) is 12.8 Å². The number of unbranched alkanes of at least 4 members (excludes halogenated alkanes) is 1. The van der Waals surface area contributed by atoms with Crippen molar-refractivity contribution in [2.24, 2.45) is 5.92 Å². The number of hydrogen-bond donors (Lipinski definition) is 2. The number of ether oxygens (including phenoxy) is 1. The molecule has 9 nitrogen and oxygen atoms in total. The van der Waals surface area contributed by atoms with Crippen LogP contribution in [0.4, 0.5) is 0 Å². The molecule has 1 aromatic heterocycles. The summed E-state index contributed by atoms with van der Waals surface area (Å²) >= 11 is 0. The van der Waals surface area contributed by atoms with Gasteiger partial charge in [-0.1, -0.05) is 13.3 Å². The molecule has 2 heterocycles. The van der Waals surface area contributed by atoms with Crippen LogP contribution in [0.2, 0.25) is 0 Å². The molecule has 1 saturated heterocycles. The minimum absolute atomic E-state index is 0.0651. The summed E-state index contributed by atoms with van der Waals surface area (Å²) in [7, 11) is -4.07. The molecular formula is C18H30N4O5S. The lowest BCUT2D eigenvalue weighted by atomic mass is 9.94. The van der Waals surface area contributed by atoms with Crippen LogP contribution < -0.4 is 5.32 Å². The molecule has 0 saturated carbocycles. The number of hydrogen-bond acceptors (Lipinski definition) is 6. The van der Waals surface area contributed by atoms with Crippen molar-refractivity contribution in [1.82, 2.24) is 19.8 Å². The number of sulfonamides is 1. The molecule has 2 unspecified atom stereocenters. The second-order valence-electron chi connectivity index (χ2n) is 7.09. The maximum absolute atomic E-state index is 13.3. The molecule has 0 aromatic carbocycles. The molecule has 0 radical (unpaired) electrons. The summed E-state index contributed by atoms with van der Waals surface area (Å²) in [6.07, 6.45) is 3.03. The number of aromatic nitrogens is 2. The van der Waals surface area contributed by atoms with Crippen LogP contribution in [-0.4, -0.2) is 60.5 Å². The molecule has 0 spiro atoms. The molecule has 10 heteroatoms. The van der Waals surface area contributed by atoms with E-state index in [0.717, 1.165) is 12.8 Å². The van der Waals surface area contributed by atoms with E-state index in [0.29, 0.717) is 25.1 Å². The van der Waals surface area contributed by atoms with Gasteiger partial charge in [-0.3, -0.25) is 9.89 Å². The number of H-pyrrole nitrogens is 1. The second-order valence-corrected chi connectivity index (χ2v) is 8.90. The van der Waals surface area contributed by atoms with Gasteiger partial charge >= 0.3 is 5.97 Å². The molecule has 1 aliphatic heterocycles. The van der Waals surface area contributed by atoms with Crippen molar-refractivity contribution in [2.45, 2.75) is 64.4 Å².